The summed E-state index contributed by atoms with van der Waals surface area (Å²) in [5.41, 5.74) is 1.94. The average molecular weight is 334 g/mol. The molecule has 5 nitrogen and oxygen atoms in total. The quantitative estimate of drug-likeness (QED) is 0.728. The lowest BCUT2D eigenvalue weighted by atomic mass is 10.0. The molecule has 0 aliphatic heterocycles. The molecule has 0 bridgehead atoms. The van der Waals surface area contributed by atoms with Crippen LogP contribution >= 0.6 is 11.3 Å². The summed E-state index contributed by atoms with van der Waals surface area (Å²) in [5, 5.41) is 10.2. The van der Waals surface area contributed by atoms with Gasteiger partial charge in [-0.05, 0) is 29.3 Å². The fraction of sp³-hybridized carbons (Fsp3) is 0.353. The second-order valence-corrected chi connectivity index (χ2v) is 5.88. The van der Waals surface area contributed by atoms with Gasteiger partial charge in [0.25, 0.3) is 0 Å². The molecule has 1 heterocycles. The highest BCUT2D eigenvalue weighted by molar-refractivity contribution is 7.08. The summed E-state index contributed by atoms with van der Waals surface area (Å²) in [7, 11) is 3.23. The second kappa shape index (κ2) is 8.43. The number of ether oxygens (including phenoxy) is 2. The number of methoxy groups -OCH3 is 2. The Morgan fingerprint density at radius 1 is 1.17 bits per heavy atom. The molecule has 0 radical (unpaired) electrons. The normalized spacial score (nSPS) is 11.6. The number of hydrogen-bond donors (Lipinski definition) is 2. The molecule has 0 aliphatic carbocycles. The zero-order valence-corrected chi connectivity index (χ0v) is 14.4. The van der Waals surface area contributed by atoms with Gasteiger partial charge in [0.15, 0.2) is 0 Å². The van der Waals surface area contributed by atoms with Crippen LogP contribution in [0.4, 0.5) is 5.69 Å². The molecule has 1 amide bonds. The number of anilines is 1. The Bertz CT molecular complexity index is 607. The van der Waals surface area contributed by atoms with Crippen molar-refractivity contribution in [3.8, 4) is 11.5 Å². The molecule has 23 heavy (non-hydrogen) atoms. The first-order chi connectivity index (χ1) is 11.1. The van der Waals surface area contributed by atoms with Gasteiger partial charge in [-0.15, -0.1) is 0 Å². The van der Waals surface area contributed by atoms with Gasteiger partial charge in [-0.2, -0.15) is 11.3 Å². The first-order valence-electron chi connectivity index (χ1n) is 7.40. The van der Waals surface area contributed by atoms with Crippen LogP contribution in [0.5, 0.6) is 11.5 Å². The Kier molecular flexibility index (Phi) is 6.29. The number of nitrogens with one attached hydrogen (secondary N) is 2. The summed E-state index contributed by atoms with van der Waals surface area (Å²) in [6.07, 6.45) is 0. The Labute approximate surface area is 140 Å². The van der Waals surface area contributed by atoms with Crippen LogP contribution in [-0.4, -0.2) is 33.2 Å². The summed E-state index contributed by atoms with van der Waals surface area (Å²) in [6.45, 7) is 3.09. The average Bonchev–Trinajstić information content (AvgIpc) is 3.11. The lowest BCUT2D eigenvalue weighted by Crippen LogP contribution is -2.31. The van der Waals surface area contributed by atoms with Gasteiger partial charge in [0, 0.05) is 37.0 Å². The van der Waals surface area contributed by atoms with Crippen LogP contribution in [0, 0.1) is 0 Å². The fourth-order valence-corrected chi connectivity index (χ4v) is 2.88. The molecular weight excluding hydrogens is 312 g/mol. The third-order valence-electron chi connectivity index (χ3n) is 3.54. The van der Waals surface area contributed by atoms with E-state index in [1.807, 2.05) is 41.9 Å². The number of benzene rings is 1. The van der Waals surface area contributed by atoms with Crippen molar-refractivity contribution in [3.05, 3.63) is 40.6 Å². The predicted octanol–water partition coefficient (Wildman–Crippen LogP) is 3.10. The van der Waals surface area contributed by atoms with E-state index in [0.29, 0.717) is 13.1 Å². The van der Waals surface area contributed by atoms with Crippen molar-refractivity contribution in [1.82, 2.24) is 5.32 Å². The Balaban J connectivity index is 1.80. The Morgan fingerprint density at radius 3 is 2.43 bits per heavy atom. The van der Waals surface area contributed by atoms with E-state index in [9.17, 15) is 4.79 Å². The van der Waals surface area contributed by atoms with E-state index in [2.05, 4.69) is 10.6 Å². The van der Waals surface area contributed by atoms with E-state index in [-0.39, 0.29) is 11.8 Å². The molecule has 0 saturated carbocycles. The van der Waals surface area contributed by atoms with Gasteiger partial charge in [-0.25, -0.2) is 0 Å². The summed E-state index contributed by atoms with van der Waals surface area (Å²) < 4.78 is 10.5. The van der Waals surface area contributed by atoms with Gasteiger partial charge >= 0.3 is 0 Å². The van der Waals surface area contributed by atoms with E-state index in [4.69, 9.17) is 9.47 Å². The van der Waals surface area contributed by atoms with Crippen LogP contribution in [-0.2, 0) is 4.79 Å². The zero-order valence-electron chi connectivity index (χ0n) is 13.6. The van der Waals surface area contributed by atoms with Gasteiger partial charge in [0.1, 0.15) is 11.5 Å². The van der Waals surface area contributed by atoms with Crippen molar-refractivity contribution in [3.63, 3.8) is 0 Å². The maximum Gasteiger partial charge on any atom is 0.227 e. The lowest BCUT2D eigenvalue weighted by molar-refractivity contribution is -0.122. The first kappa shape index (κ1) is 17.1. The number of thiophene rings is 1. The van der Waals surface area contributed by atoms with E-state index in [1.165, 1.54) is 0 Å². The smallest absolute Gasteiger partial charge is 0.227 e. The minimum absolute atomic E-state index is 0.0356. The van der Waals surface area contributed by atoms with Gasteiger partial charge < -0.3 is 20.1 Å². The molecule has 1 aromatic carbocycles. The largest absolute Gasteiger partial charge is 0.497 e. The predicted molar refractivity (Wildman–Crippen MR) is 93.8 cm³/mol. The Morgan fingerprint density at radius 2 is 1.87 bits per heavy atom. The number of carbonyl (C=O) groups excluding carboxylic acids is 1. The molecule has 0 fully saturated rings. The zero-order chi connectivity index (χ0) is 16.7. The van der Waals surface area contributed by atoms with Gasteiger partial charge in [0.05, 0.1) is 20.1 Å². The van der Waals surface area contributed by atoms with Crippen LogP contribution < -0.4 is 20.1 Å². The molecule has 1 atom stereocenters. The molecule has 1 aromatic heterocycles. The van der Waals surface area contributed by atoms with E-state index >= 15 is 0 Å². The molecule has 0 spiro atoms. The summed E-state index contributed by atoms with van der Waals surface area (Å²) in [6, 6.07) is 7.57. The number of carbonyl (C=O) groups is 1. The number of rotatable bonds is 8. The molecular formula is C17H22N2O3S. The topological polar surface area (TPSA) is 59.6 Å². The van der Waals surface area contributed by atoms with E-state index < -0.39 is 0 Å². The van der Waals surface area contributed by atoms with Crippen LogP contribution in [0.3, 0.4) is 0 Å². The van der Waals surface area contributed by atoms with Crippen molar-refractivity contribution in [1.29, 1.82) is 0 Å². The van der Waals surface area contributed by atoms with Crippen molar-refractivity contribution >= 4 is 22.9 Å². The first-order valence-corrected chi connectivity index (χ1v) is 8.35. The highest BCUT2D eigenvalue weighted by Crippen LogP contribution is 2.25. The second-order valence-electron chi connectivity index (χ2n) is 5.10. The SMILES string of the molecule is COc1cc(NCCNC(=O)[C@@H](C)c2ccsc2)cc(OC)c1. The van der Waals surface area contributed by atoms with Gasteiger partial charge in [-0.1, -0.05) is 0 Å². The van der Waals surface area contributed by atoms with E-state index in [0.717, 1.165) is 22.7 Å². The van der Waals surface area contributed by atoms with Gasteiger partial charge in [0.2, 0.25) is 5.91 Å². The molecule has 0 unspecified atom stereocenters. The molecule has 124 valence electrons. The minimum Gasteiger partial charge on any atom is -0.497 e. The third kappa shape index (κ3) is 4.89. The highest BCUT2D eigenvalue weighted by atomic mass is 32.1. The molecule has 2 rings (SSSR count). The third-order valence-corrected chi connectivity index (χ3v) is 4.24. The Hall–Kier alpha value is -2.21. The van der Waals surface area contributed by atoms with Crippen LogP contribution in [0.1, 0.15) is 18.4 Å². The molecule has 6 heteroatoms. The van der Waals surface area contributed by atoms with Gasteiger partial charge in [-0.3, -0.25) is 4.79 Å². The van der Waals surface area contributed by atoms with Crippen molar-refractivity contribution in [2.45, 2.75) is 12.8 Å². The van der Waals surface area contributed by atoms with Crippen molar-refractivity contribution in [2.75, 3.05) is 32.6 Å². The lowest BCUT2D eigenvalue weighted by Gasteiger charge is -2.13. The van der Waals surface area contributed by atoms with Crippen LogP contribution in [0.15, 0.2) is 35.0 Å². The number of hydrogen-bond acceptors (Lipinski definition) is 5. The maximum atomic E-state index is 12.1. The van der Waals surface area contributed by atoms with Crippen LogP contribution in [0.25, 0.3) is 0 Å². The fourth-order valence-electron chi connectivity index (χ4n) is 2.13. The monoisotopic (exact) mass is 334 g/mol. The van der Waals surface area contributed by atoms with E-state index in [1.54, 1.807) is 25.6 Å². The van der Waals surface area contributed by atoms with Crippen LogP contribution in [0.2, 0.25) is 0 Å². The minimum atomic E-state index is -0.127. The molecule has 2 aromatic rings. The summed E-state index contributed by atoms with van der Waals surface area (Å²) in [5.74, 6) is 1.36. The standard InChI is InChI=1S/C17H22N2O3S/c1-12(13-4-7-23-11-13)17(20)19-6-5-18-14-8-15(21-2)10-16(9-14)22-3/h4,7-12,18H,5-6H2,1-3H3,(H,19,20)/t12-/m0/s1. The van der Waals surface area contributed by atoms with Crippen molar-refractivity contribution in [2.24, 2.45) is 0 Å². The highest BCUT2D eigenvalue weighted by Gasteiger charge is 2.14. The molecule has 0 saturated heterocycles. The number of amides is 1. The molecule has 0 aliphatic rings. The molecule has 2 N–H and O–H groups in total. The summed E-state index contributed by atoms with van der Waals surface area (Å²) >= 11 is 1.60. The maximum absolute atomic E-state index is 12.1. The van der Waals surface area contributed by atoms with Crippen molar-refractivity contribution < 1.29 is 14.3 Å². The summed E-state index contributed by atoms with van der Waals surface area (Å²) in [4.78, 5) is 12.1.